The molecule has 0 saturated carbocycles. The number of rotatable bonds is 4. The van der Waals surface area contributed by atoms with Crippen LogP contribution in [0.15, 0.2) is 4.47 Å². The third kappa shape index (κ3) is 2.95. The molecule has 1 atom stereocenters. The second-order valence-corrected chi connectivity index (χ2v) is 6.82. The lowest BCUT2D eigenvalue weighted by atomic mass is 10.1. The Hall–Kier alpha value is -0.590. The van der Waals surface area contributed by atoms with Gasteiger partial charge in [-0.3, -0.25) is 4.79 Å². The van der Waals surface area contributed by atoms with Gasteiger partial charge in [0.1, 0.15) is 4.88 Å². The van der Waals surface area contributed by atoms with E-state index in [4.69, 9.17) is 4.74 Å². The minimum absolute atomic E-state index is 0.0919. The number of amides is 1. The Morgan fingerprint density at radius 2 is 2.37 bits per heavy atom. The summed E-state index contributed by atoms with van der Waals surface area (Å²) in [6, 6.07) is 0. The summed E-state index contributed by atoms with van der Waals surface area (Å²) < 4.78 is 6.25. The van der Waals surface area contributed by atoms with Crippen LogP contribution in [0.1, 0.15) is 21.0 Å². The molecule has 0 aliphatic carbocycles. The van der Waals surface area contributed by atoms with Crippen molar-refractivity contribution in [3.05, 3.63) is 14.2 Å². The number of thiophene rings is 1. The van der Waals surface area contributed by atoms with Crippen LogP contribution in [0.25, 0.3) is 0 Å². The molecule has 4 nitrogen and oxygen atoms in total. The summed E-state index contributed by atoms with van der Waals surface area (Å²) >= 11 is 4.98. The van der Waals surface area contributed by atoms with E-state index in [9.17, 15) is 4.79 Å². The Morgan fingerprint density at radius 1 is 1.63 bits per heavy atom. The second kappa shape index (κ2) is 6.24. The number of carbonyl (C=O) groups is 1. The van der Waals surface area contributed by atoms with Crippen molar-refractivity contribution in [2.75, 3.05) is 33.8 Å². The molecular weight excluding hydrogens is 328 g/mol. The maximum atomic E-state index is 12.6. The first-order chi connectivity index (χ1) is 9.08. The fraction of sp³-hybridized carbons (Fsp3) is 0.615. The maximum Gasteiger partial charge on any atom is 0.267 e. The molecule has 2 heterocycles. The summed E-state index contributed by atoms with van der Waals surface area (Å²) in [4.78, 5) is 16.3. The smallest absolute Gasteiger partial charge is 0.267 e. The monoisotopic (exact) mass is 346 g/mol. The lowest BCUT2D eigenvalue weighted by Crippen LogP contribution is -2.30. The molecular formula is C13H19BrN2O2S. The normalized spacial score (nSPS) is 18.9. The van der Waals surface area contributed by atoms with E-state index in [-0.39, 0.29) is 5.91 Å². The van der Waals surface area contributed by atoms with Gasteiger partial charge >= 0.3 is 0 Å². The van der Waals surface area contributed by atoms with Crippen molar-refractivity contribution < 1.29 is 9.53 Å². The predicted molar refractivity (Wildman–Crippen MR) is 81.2 cm³/mol. The van der Waals surface area contributed by atoms with Crippen molar-refractivity contribution in [1.29, 1.82) is 0 Å². The van der Waals surface area contributed by atoms with Crippen molar-refractivity contribution in [2.24, 2.45) is 5.92 Å². The highest BCUT2D eigenvalue weighted by molar-refractivity contribution is 9.10. The molecule has 19 heavy (non-hydrogen) atoms. The number of halogens is 1. The Balaban J connectivity index is 2.15. The molecule has 2 rings (SSSR count). The predicted octanol–water partition coefficient (Wildman–Crippen LogP) is 2.51. The van der Waals surface area contributed by atoms with Crippen molar-refractivity contribution in [2.45, 2.75) is 13.3 Å². The van der Waals surface area contributed by atoms with Gasteiger partial charge in [0.15, 0.2) is 5.75 Å². The van der Waals surface area contributed by atoms with E-state index in [1.54, 1.807) is 7.11 Å². The maximum absolute atomic E-state index is 12.6. The number of methoxy groups -OCH3 is 1. The average Bonchev–Trinajstić information content (AvgIpc) is 2.96. The zero-order chi connectivity index (χ0) is 14.0. The molecule has 1 N–H and O–H groups in total. The zero-order valence-electron chi connectivity index (χ0n) is 11.5. The quantitative estimate of drug-likeness (QED) is 0.910. The summed E-state index contributed by atoms with van der Waals surface area (Å²) in [5, 5.41) is 3.18. The Bertz CT molecular complexity index is 475. The van der Waals surface area contributed by atoms with Crippen LogP contribution >= 0.6 is 27.3 Å². The number of carbonyl (C=O) groups excluding carboxylic acids is 1. The first-order valence-corrected chi connectivity index (χ1v) is 7.96. The Morgan fingerprint density at radius 3 is 3.00 bits per heavy atom. The van der Waals surface area contributed by atoms with Crippen LogP contribution < -0.4 is 10.1 Å². The third-order valence-corrected chi connectivity index (χ3v) is 5.73. The largest absolute Gasteiger partial charge is 0.494 e. The van der Waals surface area contributed by atoms with Crippen molar-refractivity contribution in [1.82, 2.24) is 10.2 Å². The number of likely N-dealkylation sites (tertiary alicyclic amines) is 1. The Kier molecular flexibility index (Phi) is 4.86. The van der Waals surface area contributed by atoms with E-state index in [1.807, 2.05) is 18.9 Å². The van der Waals surface area contributed by atoms with Crippen molar-refractivity contribution in [3.8, 4) is 5.75 Å². The molecule has 1 aliphatic heterocycles. The molecule has 0 aromatic carbocycles. The van der Waals surface area contributed by atoms with Crippen LogP contribution in [0.2, 0.25) is 0 Å². The number of hydrogen-bond donors (Lipinski definition) is 1. The third-order valence-electron chi connectivity index (χ3n) is 3.43. The Labute approximate surface area is 126 Å². The van der Waals surface area contributed by atoms with Gasteiger partial charge in [0.05, 0.1) is 11.6 Å². The van der Waals surface area contributed by atoms with Crippen LogP contribution in [-0.2, 0) is 0 Å². The highest BCUT2D eigenvalue weighted by Gasteiger charge is 2.30. The number of nitrogens with one attached hydrogen (secondary N) is 1. The van der Waals surface area contributed by atoms with Crippen LogP contribution in [-0.4, -0.2) is 44.6 Å². The van der Waals surface area contributed by atoms with E-state index in [2.05, 4.69) is 21.2 Å². The lowest BCUT2D eigenvalue weighted by Gasteiger charge is -2.16. The molecule has 0 unspecified atom stereocenters. The fourth-order valence-corrected chi connectivity index (χ4v) is 4.16. The van der Waals surface area contributed by atoms with E-state index in [0.717, 1.165) is 35.4 Å². The minimum atomic E-state index is 0.0919. The topological polar surface area (TPSA) is 41.6 Å². The van der Waals surface area contributed by atoms with E-state index < -0.39 is 0 Å². The lowest BCUT2D eigenvalue weighted by molar-refractivity contribution is 0.0789. The summed E-state index contributed by atoms with van der Waals surface area (Å²) in [7, 11) is 3.56. The molecule has 0 bridgehead atoms. The minimum Gasteiger partial charge on any atom is -0.494 e. The first-order valence-electron chi connectivity index (χ1n) is 6.35. The van der Waals surface area contributed by atoms with Gasteiger partial charge in [-0.1, -0.05) is 0 Å². The highest BCUT2D eigenvalue weighted by atomic mass is 79.9. The standard InChI is InChI=1S/C13H19BrN2O2S/c1-8-10(14)11(18-3)12(19-8)13(17)16-5-4-9(7-16)6-15-2/h9,15H,4-7H2,1-3H3/t9-/m0/s1. The van der Waals surface area contributed by atoms with Crippen LogP contribution in [0.4, 0.5) is 0 Å². The summed E-state index contributed by atoms with van der Waals surface area (Å²) in [6.07, 6.45) is 1.07. The SMILES string of the molecule is CNC[C@@H]1CCN(C(=O)c2sc(C)c(Br)c2OC)C1. The first kappa shape index (κ1) is 14.8. The van der Waals surface area contributed by atoms with Crippen molar-refractivity contribution >= 4 is 33.2 Å². The molecule has 1 aromatic rings. The van der Waals surface area contributed by atoms with Crippen LogP contribution in [0.3, 0.4) is 0 Å². The van der Waals surface area contributed by atoms with Crippen LogP contribution in [0.5, 0.6) is 5.75 Å². The fourth-order valence-electron chi connectivity index (χ4n) is 2.44. The molecule has 1 saturated heterocycles. The van der Waals surface area contributed by atoms with Gasteiger partial charge in [-0.25, -0.2) is 0 Å². The van der Waals surface area contributed by atoms with Gasteiger partial charge in [0, 0.05) is 18.0 Å². The molecule has 0 spiro atoms. The van der Waals surface area contributed by atoms with Crippen LogP contribution in [0, 0.1) is 12.8 Å². The number of aryl methyl sites for hydroxylation is 1. The summed E-state index contributed by atoms with van der Waals surface area (Å²) in [5.41, 5.74) is 0. The van der Waals surface area contributed by atoms with Crippen molar-refractivity contribution in [3.63, 3.8) is 0 Å². The average molecular weight is 347 g/mol. The molecule has 1 fully saturated rings. The molecule has 6 heteroatoms. The molecule has 1 amide bonds. The molecule has 106 valence electrons. The van der Waals surface area contributed by atoms with E-state index in [0.29, 0.717) is 16.5 Å². The van der Waals surface area contributed by atoms with Gasteiger partial charge in [-0.2, -0.15) is 0 Å². The second-order valence-electron chi connectivity index (χ2n) is 4.80. The van der Waals surface area contributed by atoms with E-state index in [1.165, 1.54) is 11.3 Å². The number of nitrogens with zero attached hydrogens (tertiary/aromatic N) is 1. The van der Waals surface area contributed by atoms with Gasteiger partial charge in [-0.05, 0) is 48.8 Å². The summed E-state index contributed by atoms with van der Waals surface area (Å²) in [6.45, 7) is 4.62. The highest BCUT2D eigenvalue weighted by Crippen LogP contribution is 2.40. The van der Waals surface area contributed by atoms with E-state index >= 15 is 0 Å². The van der Waals surface area contributed by atoms with Gasteiger partial charge in [0.25, 0.3) is 5.91 Å². The zero-order valence-corrected chi connectivity index (χ0v) is 13.9. The number of hydrogen-bond acceptors (Lipinski definition) is 4. The summed E-state index contributed by atoms with van der Waals surface area (Å²) in [5.74, 6) is 1.32. The van der Waals surface area contributed by atoms with Gasteiger partial charge in [0.2, 0.25) is 0 Å². The molecule has 1 aliphatic rings. The van der Waals surface area contributed by atoms with Gasteiger partial charge < -0.3 is 15.0 Å². The molecule has 0 radical (unpaired) electrons. The van der Waals surface area contributed by atoms with Gasteiger partial charge in [-0.15, -0.1) is 11.3 Å². The molecule has 1 aromatic heterocycles. The number of ether oxygens (including phenoxy) is 1.